The van der Waals surface area contributed by atoms with Crippen LogP contribution in [0.15, 0.2) is 11.6 Å². The van der Waals surface area contributed by atoms with Gasteiger partial charge >= 0.3 is 0 Å². The van der Waals surface area contributed by atoms with Crippen molar-refractivity contribution in [3.63, 3.8) is 0 Å². The summed E-state index contributed by atoms with van der Waals surface area (Å²) in [5.41, 5.74) is 3.06. The molecule has 0 bridgehead atoms. The normalized spacial score (nSPS) is 44.5. The van der Waals surface area contributed by atoms with Gasteiger partial charge in [-0.15, -0.1) is 0 Å². The van der Waals surface area contributed by atoms with E-state index in [0.717, 1.165) is 11.8 Å². The third-order valence-electron chi connectivity index (χ3n) is 6.34. The summed E-state index contributed by atoms with van der Waals surface area (Å²) in [7, 11) is 0. The smallest absolute Gasteiger partial charge is 0.0146 e. The van der Waals surface area contributed by atoms with E-state index in [0.29, 0.717) is 10.8 Å². The molecule has 2 fully saturated rings. The monoisotopic (exact) mass is 232 g/mol. The molecule has 3 atom stereocenters. The van der Waals surface area contributed by atoms with Gasteiger partial charge in [0.25, 0.3) is 0 Å². The molecule has 0 aromatic carbocycles. The van der Waals surface area contributed by atoms with Gasteiger partial charge in [0.1, 0.15) is 0 Å². The molecule has 2 saturated carbocycles. The summed E-state index contributed by atoms with van der Waals surface area (Å²) < 4.78 is 0. The van der Waals surface area contributed by atoms with Gasteiger partial charge in [-0.2, -0.15) is 0 Å². The number of fused-ring (bicyclic) bond motifs is 3. The lowest BCUT2D eigenvalue weighted by Crippen LogP contribution is -2.49. The average Bonchev–Trinajstić information content (AvgIpc) is 2.28. The van der Waals surface area contributed by atoms with Crippen LogP contribution < -0.4 is 0 Å². The summed E-state index contributed by atoms with van der Waals surface area (Å²) in [6.45, 7) is 7.70. The second-order valence-corrected chi connectivity index (χ2v) is 7.70. The Morgan fingerprint density at radius 2 is 1.88 bits per heavy atom. The highest BCUT2D eigenvalue weighted by atomic mass is 14.6. The zero-order valence-electron chi connectivity index (χ0n) is 11.9. The summed E-state index contributed by atoms with van der Waals surface area (Å²) in [6.07, 6.45) is 14.2. The molecule has 17 heavy (non-hydrogen) atoms. The van der Waals surface area contributed by atoms with Gasteiger partial charge in [0.15, 0.2) is 0 Å². The van der Waals surface area contributed by atoms with E-state index >= 15 is 0 Å². The molecule has 0 aromatic heterocycles. The van der Waals surface area contributed by atoms with Crippen LogP contribution in [0.25, 0.3) is 0 Å². The Balaban J connectivity index is 1.97. The van der Waals surface area contributed by atoms with Crippen molar-refractivity contribution in [1.29, 1.82) is 0 Å². The molecule has 3 rings (SSSR count). The Labute approximate surface area is 107 Å². The maximum atomic E-state index is 2.63. The molecule has 96 valence electrons. The fraction of sp³-hybridized carbons (Fsp3) is 0.882. The first-order valence-electron chi connectivity index (χ1n) is 7.73. The predicted molar refractivity (Wildman–Crippen MR) is 73.9 cm³/mol. The van der Waals surface area contributed by atoms with Crippen molar-refractivity contribution in [2.24, 2.45) is 22.7 Å². The number of allylic oxidation sites excluding steroid dienone is 2. The van der Waals surface area contributed by atoms with Gasteiger partial charge in [0, 0.05) is 0 Å². The van der Waals surface area contributed by atoms with Gasteiger partial charge in [-0.05, 0) is 67.6 Å². The van der Waals surface area contributed by atoms with E-state index in [4.69, 9.17) is 0 Å². The van der Waals surface area contributed by atoms with Crippen molar-refractivity contribution in [2.75, 3.05) is 0 Å². The summed E-state index contributed by atoms with van der Waals surface area (Å²) in [4.78, 5) is 0. The van der Waals surface area contributed by atoms with Crippen molar-refractivity contribution < 1.29 is 0 Å². The van der Waals surface area contributed by atoms with Gasteiger partial charge in [0.05, 0.1) is 0 Å². The average molecular weight is 232 g/mol. The first-order chi connectivity index (χ1) is 8.04. The number of rotatable bonds is 0. The van der Waals surface area contributed by atoms with Crippen LogP contribution in [-0.4, -0.2) is 0 Å². The van der Waals surface area contributed by atoms with Crippen LogP contribution in [0.4, 0.5) is 0 Å². The molecule has 0 spiro atoms. The molecule has 3 aliphatic rings. The molecule has 0 nitrogen and oxygen atoms in total. The van der Waals surface area contributed by atoms with Crippen LogP contribution >= 0.6 is 0 Å². The lowest BCUT2D eigenvalue weighted by molar-refractivity contribution is -0.0562. The van der Waals surface area contributed by atoms with E-state index in [1.54, 1.807) is 0 Å². The maximum absolute atomic E-state index is 2.63. The van der Waals surface area contributed by atoms with Gasteiger partial charge in [-0.3, -0.25) is 0 Å². The minimum Gasteiger partial charge on any atom is -0.0850 e. The molecule has 0 N–H and O–H groups in total. The van der Waals surface area contributed by atoms with Crippen molar-refractivity contribution in [3.05, 3.63) is 11.6 Å². The first kappa shape index (κ1) is 11.8. The molecule has 0 heterocycles. The first-order valence-corrected chi connectivity index (χ1v) is 7.73. The molecule has 0 aliphatic heterocycles. The third kappa shape index (κ3) is 1.71. The van der Waals surface area contributed by atoms with E-state index in [2.05, 4.69) is 26.8 Å². The van der Waals surface area contributed by atoms with Crippen molar-refractivity contribution in [1.82, 2.24) is 0 Å². The molecular formula is C17H28. The zero-order valence-corrected chi connectivity index (χ0v) is 11.9. The fourth-order valence-electron chi connectivity index (χ4n) is 5.58. The topological polar surface area (TPSA) is 0 Å². The lowest BCUT2D eigenvalue weighted by atomic mass is 9.46. The fourth-order valence-corrected chi connectivity index (χ4v) is 5.58. The Hall–Kier alpha value is -0.260. The van der Waals surface area contributed by atoms with E-state index in [1.807, 2.05) is 5.57 Å². The molecule has 0 radical (unpaired) electrons. The van der Waals surface area contributed by atoms with Crippen LogP contribution in [0, 0.1) is 22.7 Å². The molecule has 0 saturated heterocycles. The summed E-state index contributed by atoms with van der Waals surface area (Å²) in [5.74, 6) is 1.92. The summed E-state index contributed by atoms with van der Waals surface area (Å²) in [6, 6.07) is 0. The molecule has 0 heteroatoms. The van der Waals surface area contributed by atoms with Crippen molar-refractivity contribution in [2.45, 2.75) is 72.1 Å². The van der Waals surface area contributed by atoms with Crippen LogP contribution in [-0.2, 0) is 0 Å². The standard InChI is InChI=1S/C17H28/c1-16(2)11-6-12-17(3)14-8-5-4-7-13(14)9-10-15(16)17/h7,14-15H,4-6,8-12H2,1-3H3. The number of hydrogen-bond acceptors (Lipinski definition) is 0. The molecular weight excluding hydrogens is 204 g/mol. The predicted octanol–water partition coefficient (Wildman–Crippen LogP) is 5.34. The third-order valence-corrected chi connectivity index (χ3v) is 6.34. The Bertz CT molecular complexity index is 336. The van der Waals surface area contributed by atoms with E-state index in [1.165, 1.54) is 51.4 Å². The summed E-state index contributed by atoms with van der Waals surface area (Å²) >= 11 is 0. The molecule has 0 amide bonds. The van der Waals surface area contributed by atoms with Gasteiger partial charge in [-0.1, -0.05) is 38.8 Å². The number of hydrogen-bond donors (Lipinski definition) is 0. The quantitative estimate of drug-likeness (QED) is 0.495. The molecule has 3 unspecified atom stereocenters. The second kappa shape index (κ2) is 3.87. The zero-order chi connectivity index (χ0) is 12.1. The van der Waals surface area contributed by atoms with Crippen LogP contribution in [0.2, 0.25) is 0 Å². The van der Waals surface area contributed by atoms with Gasteiger partial charge < -0.3 is 0 Å². The van der Waals surface area contributed by atoms with E-state index in [-0.39, 0.29) is 0 Å². The SMILES string of the molecule is CC1(C)CCCC2(C)C3CCCC=C3CCC12. The highest BCUT2D eigenvalue weighted by molar-refractivity contribution is 5.20. The highest BCUT2D eigenvalue weighted by Gasteiger charge is 2.52. The second-order valence-electron chi connectivity index (χ2n) is 7.70. The van der Waals surface area contributed by atoms with Crippen molar-refractivity contribution >= 4 is 0 Å². The summed E-state index contributed by atoms with van der Waals surface area (Å²) in [5, 5.41) is 0. The molecule has 3 aliphatic carbocycles. The van der Waals surface area contributed by atoms with E-state index in [9.17, 15) is 0 Å². The van der Waals surface area contributed by atoms with Crippen molar-refractivity contribution in [3.8, 4) is 0 Å². The maximum Gasteiger partial charge on any atom is -0.0146 e. The Morgan fingerprint density at radius 1 is 1.06 bits per heavy atom. The minimum atomic E-state index is 0.593. The largest absolute Gasteiger partial charge is 0.0850 e. The van der Waals surface area contributed by atoms with Crippen LogP contribution in [0.1, 0.15) is 72.1 Å². The van der Waals surface area contributed by atoms with E-state index < -0.39 is 0 Å². The Morgan fingerprint density at radius 3 is 2.71 bits per heavy atom. The Kier molecular flexibility index (Phi) is 2.69. The minimum absolute atomic E-state index is 0.593. The van der Waals surface area contributed by atoms with Crippen LogP contribution in [0.5, 0.6) is 0 Å². The highest BCUT2D eigenvalue weighted by Crippen LogP contribution is 2.62. The van der Waals surface area contributed by atoms with Gasteiger partial charge in [0.2, 0.25) is 0 Å². The van der Waals surface area contributed by atoms with Crippen LogP contribution in [0.3, 0.4) is 0 Å². The molecule has 0 aromatic rings. The lowest BCUT2D eigenvalue weighted by Gasteiger charge is -2.58. The van der Waals surface area contributed by atoms with Gasteiger partial charge in [-0.25, -0.2) is 0 Å².